The Bertz CT molecular complexity index is 846. The van der Waals surface area contributed by atoms with Crippen molar-refractivity contribution in [3.63, 3.8) is 0 Å². The van der Waals surface area contributed by atoms with Gasteiger partial charge in [0.05, 0.1) is 12.2 Å². The van der Waals surface area contributed by atoms with Gasteiger partial charge in [-0.25, -0.2) is 9.97 Å². The second kappa shape index (κ2) is 10.8. The summed E-state index contributed by atoms with van der Waals surface area (Å²) in [5.74, 6) is 4.45. The number of aliphatic imine (C=N–C) groups is 1. The van der Waals surface area contributed by atoms with Gasteiger partial charge < -0.3 is 20.0 Å². The van der Waals surface area contributed by atoms with Gasteiger partial charge in [0.15, 0.2) is 5.96 Å². The second-order valence-corrected chi connectivity index (χ2v) is 9.02. The van der Waals surface area contributed by atoms with Gasteiger partial charge in [0.25, 0.3) is 0 Å². The Hall–Kier alpha value is -2.61. The van der Waals surface area contributed by atoms with E-state index in [2.05, 4.69) is 47.5 Å². The lowest BCUT2D eigenvalue weighted by Gasteiger charge is -2.34. The lowest BCUT2D eigenvalue weighted by Crippen LogP contribution is -2.50. The van der Waals surface area contributed by atoms with Crippen molar-refractivity contribution < 1.29 is 4.42 Å². The molecular weight excluding hydrogens is 402 g/mol. The number of nitrogens with one attached hydrogen (secondary N) is 2. The summed E-state index contributed by atoms with van der Waals surface area (Å²) in [7, 11) is 1.86. The predicted molar refractivity (Wildman–Crippen MR) is 128 cm³/mol. The van der Waals surface area contributed by atoms with Crippen molar-refractivity contribution in [3.05, 3.63) is 41.7 Å². The summed E-state index contributed by atoms with van der Waals surface area (Å²) in [6, 6.07) is 6.57. The number of hydrogen-bond acceptors (Lipinski definition) is 6. The van der Waals surface area contributed by atoms with Gasteiger partial charge >= 0.3 is 0 Å². The monoisotopic (exact) mass is 439 g/mol. The molecule has 0 spiro atoms. The SMILES string of the molecule is CN=C(NCC1CCN(Cc2nc(C)c(C)o2)CC1)NC1CCN(c2ccccn2)CC1. The van der Waals surface area contributed by atoms with Crippen molar-refractivity contribution in [1.29, 1.82) is 0 Å². The fourth-order valence-corrected chi connectivity index (χ4v) is 4.57. The van der Waals surface area contributed by atoms with Crippen molar-refractivity contribution in [2.45, 2.75) is 52.1 Å². The normalized spacial score (nSPS) is 19.3. The molecule has 4 rings (SSSR count). The first kappa shape index (κ1) is 22.6. The molecule has 2 aliphatic rings. The highest BCUT2D eigenvalue weighted by Crippen LogP contribution is 2.20. The van der Waals surface area contributed by atoms with Crippen LogP contribution in [-0.2, 0) is 6.54 Å². The van der Waals surface area contributed by atoms with Crippen LogP contribution in [0.5, 0.6) is 0 Å². The molecule has 8 nitrogen and oxygen atoms in total. The van der Waals surface area contributed by atoms with Crippen LogP contribution in [0.3, 0.4) is 0 Å². The predicted octanol–water partition coefficient (Wildman–Crippen LogP) is 2.73. The third-order valence-electron chi connectivity index (χ3n) is 6.73. The lowest BCUT2D eigenvalue weighted by molar-refractivity contribution is 0.164. The zero-order chi connectivity index (χ0) is 22.3. The van der Waals surface area contributed by atoms with E-state index in [0.29, 0.717) is 12.0 Å². The van der Waals surface area contributed by atoms with Crippen molar-refractivity contribution in [2.75, 3.05) is 44.7 Å². The number of oxazole rings is 1. The highest BCUT2D eigenvalue weighted by molar-refractivity contribution is 5.80. The fraction of sp³-hybridized carbons (Fsp3) is 0.625. The maximum absolute atomic E-state index is 5.75. The van der Waals surface area contributed by atoms with Crippen LogP contribution in [-0.4, -0.2) is 66.6 Å². The Kier molecular flexibility index (Phi) is 7.63. The molecule has 174 valence electrons. The first-order chi connectivity index (χ1) is 15.6. The van der Waals surface area contributed by atoms with Crippen LogP contribution in [0, 0.1) is 19.8 Å². The number of anilines is 1. The second-order valence-electron chi connectivity index (χ2n) is 9.02. The number of likely N-dealkylation sites (tertiary alicyclic amines) is 1. The first-order valence-electron chi connectivity index (χ1n) is 11.9. The Morgan fingerprint density at radius 3 is 2.53 bits per heavy atom. The Labute approximate surface area is 191 Å². The van der Waals surface area contributed by atoms with Crippen molar-refractivity contribution in [1.82, 2.24) is 25.5 Å². The highest BCUT2D eigenvalue weighted by Gasteiger charge is 2.23. The molecule has 0 unspecified atom stereocenters. The first-order valence-corrected chi connectivity index (χ1v) is 11.9. The van der Waals surface area contributed by atoms with Crippen LogP contribution in [0.15, 0.2) is 33.8 Å². The number of guanidine groups is 1. The van der Waals surface area contributed by atoms with Crippen LogP contribution >= 0.6 is 0 Å². The van der Waals surface area contributed by atoms with Crippen molar-refractivity contribution >= 4 is 11.8 Å². The van der Waals surface area contributed by atoms with Gasteiger partial charge in [-0.15, -0.1) is 0 Å². The van der Waals surface area contributed by atoms with E-state index in [-0.39, 0.29) is 0 Å². The molecule has 2 saturated heterocycles. The van der Waals surface area contributed by atoms with Crippen LogP contribution < -0.4 is 15.5 Å². The number of rotatable bonds is 6. The third kappa shape index (κ3) is 6.00. The minimum atomic E-state index is 0.454. The molecule has 8 heteroatoms. The highest BCUT2D eigenvalue weighted by atomic mass is 16.4. The number of pyridine rings is 1. The van der Waals surface area contributed by atoms with Gasteiger partial charge in [-0.3, -0.25) is 9.89 Å². The van der Waals surface area contributed by atoms with Gasteiger partial charge in [0.2, 0.25) is 5.89 Å². The van der Waals surface area contributed by atoms with Crippen molar-refractivity contribution in [2.24, 2.45) is 10.9 Å². The van der Waals surface area contributed by atoms with E-state index in [4.69, 9.17) is 4.42 Å². The average Bonchev–Trinajstić information content (AvgIpc) is 3.15. The maximum atomic E-state index is 5.75. The Morgan fingerprint density at radius 1 is 1.12 bits per heavy atom. The summed E-state index contributed by atoms with van der Waals surface area (Å²) < 4.78 is 5.75. The summed E-state index contributed by atoms with van der Waals surface area (Å²) in [5.41, 5.74) is 1.00. The molecule has 2 aliphatic heterocycles. The molecule has 0 bridgehead atoms. The summed E-state index contributed by atoms with van der Waals surface area (Å²) in [6.07, 6.45) is 6.42. The van der Waals surface area contributed by atoms with E-state index >= 15 is 0 Å². The number of piperidine rings is 2. The number of nitrogens with zero attached hydrogens (tertiary/aromatic N) is 5. The van der Waals surface area contributed by atoms with E-state index in [1.165, 1.54) is 12.8 Å². The molecule has 0 radical (unpaired) electrons. The standard InChI is InChI=1S/C24H37N7O/c1-18-19(2)32-23(28-18)17-30-12-7-20(8-13-30)16-27-24(25-3)29-21-9-14-31(15-10-21)22-6-4-5-11-26-22/h4-6,11,20-21H,7-10,12-17H2,1-3H3,(H2,25,27,29). The van der Waals surface area contributed by atoms with Crippen molar-refractivity contribution in [3.8, 4) is 0 Å². The zero-order valence-electron chi connectivity index (χ0n) is 19.7. The van der Waals surface area contributed by atoms with E-state index in [0.717, 1.165) is 81.2 Å². The zero-order valence-corrected chi connectivity index (χ0v) is 19.7. The summed E-state index contributed by atoms with van der Waals surface area (Å²) >= 11 is 0. The topological polar surface area (TPSA) is 81.8 Å². The molecule has 2 fully saturated rings. The third-order valence-corrected chi connectivity index (χ3v) is 6.73. The summed E-state index contributed by atoms with van der Waals surface area (Å²) in [6.45, 7) is 9.99. The molecular formula is C24H37N7O. The molecule has 0 saturated carbocycles. The molecule has 4 heterocycles. The average molecular weight is 440 g/mol. The van der Waals surface area contributed by atoms with E-state index < -0.39 is 0 Å². The van der Waals surface area contributed by atoms with Gasteiger partial charge in [-0.2, -0.15) is 0 Å². The Balaban J connectivity index is 1.15. The minimum absolute atomic E-state index is 0.454. The van der Waals surface area contributed by atoms with Crippen LogP contribution in [0.25, 0.3) is 0 Å². The molecule has 32 heavy (non-hydrogen) atoms. The van der Waals surface area contributed by atoms with Crippen LogP contribution in [0.4, 0.5) is 5.82 Å². The summed E-state index contributed by atoms with van der Waals surface area (Å²) in [5, 5.41) is 7.20. The molecule has 0 aromatic carbocycles. The largest absolute Gasteiger partial charge is 0.444 e. The lowest BCUT2D eigenvalue weighted by atomic mass is 9.97. The number of hydrogen-bond donors (Lipinski definition) is 2. The smallest absolute Gasteiger partial charge is 0.208 e. The van der Waals surface area contributed by atoms with Gasteiger partial charge in [-0.05, 0) is 70.7 Å². The molecule has 2 aromatic rings. The van der Waals surface area contributed by atoms with Gasteiger partial charge in [0, 0.05) is 38.9 Å². The summed E-state index contributed by atoms with van der Waals surface area (Å²) in [4.78, 5) is 18.3. The number of aryl methyl sites for hydroxylation is 2. The molecule has 2 N–H and O–H groups in total. The van der Waals surface area contributed by atoms with Crippen LogP contribution in [0.1, 0.15) is 43.0 Å². The molecule has 0 aliphatic carbocycles. The van der Waals surface area contributed by atoms with E-state index in [1.54, 1.807) is 0 Å². The van der Waals surface area contributed by atoms with Crippen LogP contribution in [0.2, 0.25) is 0 Å². The quantitative estimate of drug-likeness (QED) is 0.529. The number of aromatic nitrogens is 2. The fourth-order valence-electron chi connectivity index (χ4n) is 4.57. The molecule has 2 aromatic heterocycles. The minimum Gasteiger partial charge on any atom is -0.444 e. The van der Waals surface area contributed by atoms with Gasteiger partial charge in [0.1, 0.15) is 11.6 Å². The van der Waals surface area contributed by atoms with E-state index in [9.17, 15) is 0 Å². The maximum Gasteiger partial charge on any atom is 0.208 e. The van der Waals surface area contributed by atoms with Gasteiger partial charge in [-0.1, -0.05) is 6.07 Å². The molecule has 0 atom stereocenters. The Morgan fingerprint density at radius 2 is 1.91 bits per heavy atom. The van der Waals surface area contributed by atoms with E-state index in [1.807, 2.05) is 33.2 Å². The molecule has 0 amide bonds.